The lowest BCUT2D eigenvalue weighted by Crippen LogP contribution is -2.61. The van der Waals surface area contributed by atoms with Crippen LogP contribution in [0.3, 0.4) is 0 Å². The van der Waals surface area contributed by atoms with Crippen LogP contribution < -0.4 is 4.90 Å². The van der Waals surface area contributed by atoms with Crippen molar-refractivity contribution in [2.24, 2.45) is 23.7 Å². The Hall–Kier alpha value is -2.87. The minimum absolute atomic E-state index is 0.0166. The number of anilines is 2. The first-order valence-electron chi connectivity index (χ1n) is 22.6. The molecule has 16 nitrogen and oxygen atoms in total. The normalized spacial score (nSPS) is 40.5. The first kappa shape index (κ1) is 51.1. The first-order chi connectivity index (χ1) is 29.7. The minimum Gasteiger partial charge on any atom is -0.464 e. The SMILES string of the molecule is CO[C@]1(C)C[C@@H](C)[C@H](O)[C@H](C)CN(C)[C@@H](CN(c2cccnc2)c2cccnc2)COC(=O)[C@H](C)[C@@H](O[C@H]2C[C@@](C)(OC)[C@@H](O)[C@H](C)O2)[C@H](C)[C@H]1O[C@@H]1O[C@H](C)C[C@H](N(C)C)[C@H]1O. The Morgan fingerprint density at radius 1 is 0.857 bits per heavy atom. The molecule has 356 valence electrons. The molecule has 5 heterocycles. The lowest BCUT2D eigenvalue weighted by Gasteiger charge is -2.49. The van der Waals surface area contributed by atoms with E-state index in [1.54, 1.807) is 52.9 Å². The highest BCUT2D eigenvalue weighted by Crippen LogP contribution is 2.41. The van der Waals surface area contributed by atoms with Crippen LogP contribution in [0.5, 0.6) is 0 Å². The summed E-state index contributed by atoms with van der Waals surface area (Å²) in [6.45, 7) is 16.1. The second kappa shape index (κ2) is 22.1. The molecule has 0 unspecified atom stereocenters. The quantitative estimate of drug-likeness (QED) is 0.273. The van der Waals surface area contributed by atoms with Crippen LogP contribution in [-0.4, -0.2) is 175 Å². The van der Waals surface area contributed by atoms with Crippen LogP contribution in [0.15, 0.2) is 49.1 Å². The molecule has 3 aliphatic rings. The molecule has 0 amide bonds. The third-order valence-corrected chi connectivity index (χ3v) is 14.1. The Labute approximate surface area is 375 Å². The predicted molar refractivity (Wildman–Crippen MR) is 238 cm³/mol. The summed E-state index contributed by atoms with van der Waals surface area (Å²) in [7, 11) is 8.98. The molecule has 5 rings (SSSR count). The molecule has 0 radical (unpaired) electrons. The van der Waals surface area contributed by atoms with Gasteiger partial charge in [0.15, 0.2) is 12.6 Å². The topological polar surface area (TPSA) is 178 Å². The maximum Gasteiger partial charge on any atom is 0.311 e. The summed E-state index contributed by atoms with van der Waals surface area (Å²) >= 11 is 0. The average molecular weight is 888 g/mol. The van der Waals surface area contributed by atoms with Gasteiger partial charge in [-0.1, -0.05) is 20.8 Å². The number of aromatic nitrogens is 2. The number of hydrogen-bond donors (Lipinski definition) is 3. The highest BCUT2D eigenvalue weighted by molar-refractivity contribution is 5.73. The molecule has 0 bridgehead atoms. The standard InChI is InChI=1S/C47H77N5O11/c1-28-21-47(8,58-13)43(63-45-40(54)37(50(9)10)20-30(3)60-45)31(4)41(62-38-22-46(7,57-12)42(55)33(6)61-38)32(5)44(56)59-27-36(51(11)25-29(2)39(28)53)26-52(34-16-14-18-48-23-34)35-17-15-19-49-24-35/h14-19,23-24,28-33,36-43,45,53-55H,20-22,25-27H2,1-13H3/t28-,29-,30-,31+,32-,33+,36+,37+,38+,39+,40-,41+,42+,43-,45+,46-,47-/m1/s1. The highest BCUT2D eigenvalue weighted by atomic mass is 16.7. The van der Waals surface area contributed by atoms with E-state index < -0.39 is 78.2 Å². The van der Waals surface area contributed by atoms with Crippen LogP contribution in [0, 0.1) is 23.7 Å². The number of cyclic esters (lactones) is 1. The van der Waals surface area contributed by atoms with Crippen molar-refractivity contribution in [2.75, 3.05) is 60.0 Å². The summed E-state index contributed by atoms with van der Waals surface area (Å²) < 4.78 is 45.2. The van der Waals surface area contributed by atoms with Gasteiger partial charge in [-0.2, -0.15) is 0 Å². The van der Waals surface area contributed by atoms with E-state index >= 15 is 0 Å². The van der Waals surface area contributed by atoms with Crippen molar-refractivity contribution < 1.29 is 53.3 Å². The first-order valence-corrected chi connectivity index (χ1v) is 22.6. The Kier molecular flexibility index (Phi) is 17.9. The van der Waals surface area contributed by atoms with Crippen molar-refractivity contribution in [3.8, 4) is 0 Å². The van der Waals surface area contributed by atoms with Gasteiger partial charge in [-0.25, -0.2) is 0 Å². The molecule has 2 aromatic heterocycles. The molecular formula is C47H77N5O11. The molecular weight excluding hydrogens is 811 g/mol. The number of likely N-dealkylation sites (N-methyl/N-ethyl adjacent to an activating group) is 2. The summed E-state index contributed by atoms with van der Waals surface area (Å²) in [5.74, 6) is -2.53. The molecule has 2 aromatic rings. The average Bonchev–Trinajstić information content (AvgIpc) is 3.26. The van der Waals surface area contributed by atoms with Gasteiger partial charge < -0.3 is 58.3 Å². The number of carbonyl (C=O) groups is 1. The number of esters is 1. The monoisotopic (exact) mass is 888 g/mol. The maximum absolute atomic E-state index is 14.7. The molecule has 0 aliphatic carbocycles. The summed E-state index contributed by atoms with van der Waals surface area (Å²) in [5, 5.41) is 35.0. The van der Waals surface area contributed by atoms with Gasteiger partial charge in [-0.05, 0) is 105 Å². The van der Waals surface area contributed by atoms with Crippen molar-refractivity contribution in [1.29, 1.82) is 0 Å². The van der Waals surface area contributed by atoms with Gasteiger partial charge in [-0.3, -0.25) is 19.7 Å². The van der Waals surface area contributed by atoms with E-state index in [-0.39, 0.29) is 43.1 Å². The zero-order chi connectivity index (χ0) is 46.4. The molecule has 17 atom stereocenters. The van der Waals surface area contributed by atoms with Crippen molar-refractivity contribution in [3.05, 3.63) is 49.1 Å². The van der Waals surface area contributed by atoms with Crippen molar-refractivity contribution in [3.63, 3.8) is 0 Å². The van der Waals surface area contributed by atoms with Crippen LogP contribution in [0.2, 0.25) is 0 Å². The second-order valence-electron chi connectivity index (χ2n) is 19.2. The number of rotatable bonds is 11. The van der Waals surface area contributed by atoms with Crippen molar-refractivity contribution >= 4 is 17.3 Å². The van der Waals surface area contributed by atoms with Crippen LogP contribution >= 0.6 is 0 Å². The van der Waals surface area contributed by atoms with Crippen LogP contribution in [0.25, 0.3) is 0 Å². The number of ether oxygens (including phenoxy) is 7. The molecule has 0 spiro atoms. The number of methoxy groups -OCH3 is 2. The molecule has 3 fully saturated rings. The van der Waals surface area contributed by atoms with Gasteiger partial charge in [0.1, 0.15) is 18.8 Å². The smallest absolute Gasteiger partial charge is 0.311 e. The Bertz CT molecular complexity index is 1660. The van der Waals surface area contributed by atoms with Gasteiger partial charge in [-0.15, -0.1) is 0 Å². The predicted octanol–water partition coefficient (Wildman–Crippen LogP) is 4.27. The summed E-state index contributed by atoms with van der Waals surface area (Å²) in [6.07, 6.45) is 0.820. The minimum atomic E-state index is -1.11. The van der Waals surface area contributed by atoms with Gasteiger partial charge in [0.05, 0.1) is 77.5 Å². The number of aliphatic hydroxyl groups is 3. The lowest BCUT2D eigenvalue weighted by atomic mass is 9.75. The van der Waals surface area contributed by atoms with Gasteiger partial charge >= 0.3 is 5.97 Å². The van der Waals surface area contributed by atoms with Gasteiger partial charge in [0, 0.05) is 58.1 Å². The number of aliphatic hydroxyl groups excluding tert-OH is 3. The molecule has 3 N–H and O–H groups in total. The molecule has 0 saturated carbocycles. The molecule has 16 heteroatoms. The van der Waals surface area contributed by atoms with E-state index in [4.69, 9.17) is 33.2 Å². The number of pyridine rings is 2. The zero-order valence-electron chi connectivity index (χ0n) is 39.9. The van der Waals surface area contributed by atoms with Crippen LogP contribution in [-0.2, 0) is 38.0 Å². The Balaban J connectivity index is 1.59. The molecule has 3 aliphatic heterocycles. The van der Waals surface area contributed by atoms with Crippen LogP contribution in [0.4, 0.5) is 11.4 Å². The van der Waals surface area contributed by atoms with E-state index in [9.17, 15) is 20.1 Å². The van der Waals surface area contributed by atoms with E-state index in [2.05, 4.69) is 19.8 Å². The molecule has 63 heavy (non-hydrogen) atoms. The lowest BCUT2D eigenvalue weighted by molar-refractivity contribution is -0.319. The zero-order valence-corrected chi connectivity index (χ0v) is 39.9. The number of hydrogen-bond acceptors (Lipinski definition) is 16. The largest absolute Gasteiger partial charge is 0.464 e. The summed E-state index contributed by atoms with van der Waals surface area (Å²) in [6, 6.07) is 7.10. The van der Waals surface area contributed by atoms with Gasteiger partial charge in [0.25, 0.3) is 0 Å². The third-order valence-electron chi connectivity index (χ3n) is 14.1. The maximum atomic E-state index is 14.7. The van der Waals surface area contributed by atoms with E-state index in [0.29, 0.717) is 25.9 Å². The Morgan fingerprint density at radius 2 is 1.48 bits per heavy atom. The second-order valence-corrected chi connectivity index (χ2v) is 19.2. The van der Waals surface area contributed by atoms with Crippen LogP contribution in [0.1, 0.15) is 74.7 Å². The van der Waals surface area contributed by atoms with E-state index in [1.165, 1.54) is 0 Å². The third kappa shape index (κ3) is 12.1. The number of carbonyl (C=O) groups excluding carboxylic acids is 1. The van der Waals surface area contributed by atoms with Gasteiger partial charge in [0.2, 0.25) is 0 Å². The Morgan fingerprint density at radius 3 is 2.03 bits per heavy atom. The van der Waals surface area contributed by atoms with E-state index in [0.717, 1.165) is 11.4 Å². The summed E-state index contributed by atoms with van der Waals surface area (Å²) in [4.78, 5) is 29.7. The van der Waals surface area contributed by atoms with E-state index in [1.807, 2.05) is 91.9 Å². The fourth-order valence-electron chi connectivity index (χ4n) is 9.97. The molecule has 3 saturated heterocycles. The van der Waals surface area contributed by atoms with Crippen molar-refractivity contribution in [2.45, 2.75) is 153 Å². The summed E-state index contributed by atoms with van der Waals surface area (Å²) in [5.41, 5.74) is -0.422. The molecule has 0 aromatic carbocycles. The fraction of sp³-hybridized carbons (Fsp3) is 0.766. The van der Waals surface area contributed by atoms with Crippen molar-refractivity contribution in [1.82, 2.24) is 19.8 Å². The fourth-order valence-corrected chi connectivity index (χ4v) is 9.97. The highest BCUT2D eigenvalue weighted by Gasteiger charge is 2.52. The number of nitrogens with zero attached hydrogens (tertiary/aromatic N) is 5.